The molecular formula is C31H31FN4OS. The molecule has 1 aliphatic carbocycles. The molecule has 0 radical (unpaired) electrons. The minimum atomic E-state index is -0.247. The largest absolute Gasteiger partial charge is 0.490 e. The molecule has 1 saturated carbocycles. The number of thiocarbonyl (C=S) groups is 1. The van der Waals surface area contributed by atoms with Crippen molar-refractivity contribution in [2.24, 2.45) is 0 Å². The fourth-order valence-corrected chi connectivity index (χ4v) is 6.25. The minimum absolute atomic E-state index is 0.126. The number of aryl methyl sites for hydroxylation is 1. The normalized spacial score (nSPS) is 19.7. The third-order valence-electron chi connectivity index (χ3n) is 7.69. The van der Waals surface area contributed by atoms with E-state index in [1.54, 1.807) is 0 Å². The Balaban J connectivity index is 1.41. The number of rotatable bonds is 6. The average molecular weight is 527 g/mol. The minimum Gasteiger partial charge on any atom is -0.490 e. The summed E-state index contributed by atoms with van der Waals surface area (Å²) in [5, 5.41) is 4.20. The molecular weight excluding hydrogens is 495 g/mol. The van der Waals surface area contributed by atoms with Crippen molar-refractivity contribution in [1.82, 2.24) is 14.9 Å². The molecule has 4 aromatic rings. The molecule has 2 aromatic heterocycles. The maximum Gasteiger partial charge on any atom is 0.174 e. The molecule has 6 rings (SSSR count). The fraction of sp³-hybridized carbons (Fsp3) is 0.290. The van der Waals surface area contributed by atoms with E-state index in [9.17, 15) is 4.39 Å². The van der Waals surface area contributed by atoms with Gasteiger partial charge in [0, 0.05) is 29.0 Å². The maximum atomic E-state index is 13.7. The molecule has 0 unspecified atom stereocenters. The van der Waals surface area contributed by atoms with Crippen LogP contribution in [0.5, 0.6) is 5.75 Å². The van der Waals surface area contributed by atoms with Gasteiger partial charge in [0.15, 0.2) is 5.11 Å². The van der Waals surface area contributed by atoms with Crippen molar-refractivity contribution < 1.29 is 9.13 Å². The molecule has 3 heterocycles. The zero-order valence-corrected chi connectivity index (χ0v) is 22.4. The van der Waals surface area contributed by atoms with Gasteiger partial charge in [0.05, 0.1) is 23.9 Å². The van der Waals surface area contributed by atoms with Crippen molar-refractivity contribution in [2.45, 2.75) is 57.7 Å². The topological polar surface area (TPSA) is 42.3 Å². The van der Waals surface area contributed by atoms with Gasteiger partial charge in [0.1, 0.15) is 11.6 Å². The Kier molecular flexibility index (Phi) is 6.62. The van der Waals surface area contributed by atoms with Crippen molar-refractivity contribution in [2.75, 3.05) is 4.90 Å². The van der Waals surface area contributed by atoms with Crippen LogP contribution in [0.25, 0.3) is 5.69 Å². The van der Waals surface area contributed by atoms with Crippen molar-refractivity contribution in [3.63, 3.8) is 0 Å². The molecule has 1 N–H and O–H groups in total. The van der Waals surface area contributed by atoms with E-state index in [0.717, 1.165) is 52.6 Å². The van der Waals surface area contributed by atoms with E-state index in [-0.39, 0.29) is 17.9 Å². The lowest BCUT2D eigenvalue weighted by atomic mass is 9.96. The zero-order valence-electron chi connectivity index (χ0n) is 21.6. The molecule has 0 bridgehead atoms. The third-order valence-corrected chi connectivity index (χ3v) is 8.01. The molecule has 2 fully saturated rings. The molecule has 1 saturated heterocycles. The third kappa shape index (κ3) is 4.56. The van der Waals surface area contributed by atoms with Crippen LogP contribution in [0.2, 0.25) is 0 Å². The molecule has 0 amide bonds. The first-order valence-corrected chi connectivity index (χ1v) is 13.6. The Morgan fingerprint density at radius 2 is 1.66 bits per heavy atom. The number of hydrogen-bond donors (Lipinski definition) is 1. The quantitative estimate of drug-likeness (QED) is 0.271. The first-order chi connectivity index (χ1) is 18.5. The van der Waals surface area contributed by atoms with Crippen LogP contribution >= 0.6 is 12.2 Å². The monoisotopic (exact) mass is 526 g/mol. The Labute approximate surface area is 228 Å². The van der Waals surface area contributed by atoms with Crippen LogP contribution in [0, 0.1) is 19.7 Å². The SMILES string of the molecule is Cc1cc([C@H]2[C@@H](c3ccccn3)NC(=S)N2c2ccc(OC3CCCC3)cc2)c(C)n1-c1ccc(F)cc1. The van der Waals surface area contributed by atoms with Gasteiger partial charge in [-0.2, -0.15) is 0 Å². The molecule has 0 spiro atoms. The lowest BCUT2D eigenvalue weighted by Gasteiger charge is -2.28. The Morgan fingerprint density at radius 3 is 2.34 bits per heavy atom. The number of hydrogen-bond acceptors (Lipinski definition) is 3. The van der Waals surface area contributed by atoms with E-state index in [1.807, 2.05) is 48.7 Å². The highest BCUT2D eigenvalue weighted by Gasteiger charge is 2.42. The highest BCUT2D eigenvalue weighted by atomic mass is 32.1. The van der Waals surface area contributed by atoms with Crippen LogP contribution in [0.15, 0.2) is 79.0 Å². The van der Waals surface area contributed by atoms with Crippen molar-refractivity contribution in [1.29, 1.82) is 0 Å². The zero-order chi connectivity index (χ0) is 26.2. The van der Waals surface area contributed by atoms with E-state index in [4.69, 9.17) is 17.0 Å². The van der Waals surface area contributed by atoms with Crippen LogP contribution in [-0.2, 0) is 0 Å². The molecule has 2 aromatic carbocycles. The van der Waals surface area contributed by atoms with Crippen molar-refractivity contribution >= 4 is 23.0 Å². The number of aromatic nitrogens is 2. The smallest absolute Gasteiger partial charge is 0.174 e. The van der Waals surface area contributed by atoms with Gasteiger partial charge in [0.25, 0.3) is 0 Å². The van der Waals surface area contributed by atoms with Crippen molar-refractivity contribution in [3.05, 3.63) is 107 Å². The summed E-state index contributed by atoms with van der Waals surface area (Å²) in [6, 6.07) is 22.8. The summed E-state index contributed by atoms with van der Waals surface area (Å²) in [7, 11) is 0. The van der Waals surface area contributed by atoms with E-state index in [2.05, 4.69) is 51.8 Å². The Bertz CT molecular complexity index is 1430. The predicted octanol–water partition coefficient (Wildman–Crippen LogP) is 7.13. The second-order valence-corrected chi connectivity index (χ2v) is 10.5. The van der Waals surface area contributed by atoms with E-state index < -0.39 is 0 Å². The Morgan fingerprint density at radius 1 is 0.947 bits per heavy atom. The van der Waals surface area contributed by atoms with Crippen LogP contribution in [0.4, 0.5) is 10.1 Å². The maximum absolute atomic E-state index is 13.7. The Hall–Kier alpha value is -3.71. The fourth-order valence-electron chi connectivity index (χ4n) is 5.91. The van der Waals surface area contributed by atoms with Crippen LogP contribution in [0.1, 0.15) is 60.4 Å². The second-order valence-electron chi connectivity index (χ2n) is 10.2. The number of benzene rings is 2. The van der Waals surface area contributed by atoms with Crippen LogP contribution in [-0.4, -0.2) is 20.8 Å². The van der Waals surface area contributed by atoms with Crippen molar-refractivity contribution in [3.8, 4) is 11.4 Å². The van der Waals surface area contributed by atoms with Crippen LogP contribution < -0.4 is 15.0 Å². The summed E-state index contributed by atoms with van der Waals surface area (Å²) >= 11 is 5.92. The first-order valence-electron chi connectivity index (χ1n) is 13.2. The van der Waals surface area contributed by atoms with Gasteiger partial charge >= 0.3 is 0 Å². The molecule has 5 nitrogen and oxygen atoms in total. The molecule has 194 valence electrons. The molecule has 2 atom stereocenters. The summed E-state index contributed by atoms with van der Waals surface area (Å²) in [5.41, 5.74) is 6.14. The van der Waals surface area contributed by atoms with E-state index >= 15 is 0 Å². The average Bonchev–Trinajstić information content (AvgIpc) is 3.64. The van der Waals surface area contributed by atoms with E-state index in [1.165, 1.54) is 25.0 Å². The van der Waals surface area contributed by atoms with Gasteiger partial charge in [-0.05, 0) is 124 Å². The summed E-state index contributed by atoms with van der Waals surface area (Å²) < 4.78 is 22.0. The molecule has 1 aliphatic heterocycles. The number of nitrogens with zero attached hydrogens (tertiary/aromatic N) is 3. The summed E-state index contributed by atoms with van der Waals surface area (Å²) in [5.74, 6) is 0.648. The molecule has 2 aliphatic rings. The van der Waals surface area contributed by atoms with Gasteiger partial charge in [-0.15, -0.1) is 0 Å². The summed E-state index contributed by atoms with van der Waals surface area (Å²) in [6.07, 6.45) is 6.86. The van der Waals surface area contributed by atoms with Gasteiger partial charge < -0.3 is 19.5 Å². The number of nitrogens with one attached hydrogen (secondary N) is 1. The second kappa shape index (κ2) is 10.2. The standard InChI is InChI=1S/C31H31FN4OS/c1-20-19-27(21(2)35(20)23-12-10-22(32)11-13-23)30-29(28-9-5-6-18-33-28)34-31(38)36(30)24-14-16-26(17-15-24)37-25-7-3-4-8-25/h5-6,9-19,25,29-30H,3-4,7-8H2,1-2H3,(H,34,38)/t29-,30+/m1/s1. The first kappa shape index (κ1) is 24.6. The molecule has 38 heavy (non-hydrogen) atoms. The van der Waals surface area contributed by atoms with Gasteiger partial charge in [-0.1, -0.05) is 6.07 Å². The summed E-state index contributed by atoms with van der Waals surface area (Å²) in [4.78, 5) is 6.87. The van der Waals surface area contributed by atoms with E-state index in [0.29, 0.717) is 11.2 Å². The lowest BCUT2D eigenvalue weighted by Crippen LogP contribution is -2.29. The highest BCUT2D eigenvalue weighted by molar-refractivity contribution is 7.80. The number of halogens is 1. The van der Waals surface area contributed by atoms with Gasteiger partial charge in [-0.3, -0.25) is 4.98 Å². The molecule has 7 heteroatoms. The van der Waals surface area contributed by atoms with Gasteiger partial charge in [-0.25, -0.2) is 4.39 Å². The number of pyridine rings is 1. The number of ether oxygens (including phenoxy) is 1. The van der Waals surface area contributed by atoms with Crippen LogP contribution in [0.3, 0.4) is 0 Å². The highest BCUT2D eigenvalue weighted by Crippen LogP contribution is 2.44. The van der Waals surface area contributed by atoms with Gasteiger partial charge in [0.2, 0.25) is 0 Å². The lowest BCUT2D eigenvalue weighted by molar-refractivity contribution is 0.210. The predicted molar refractivity (Wildman–Crippen MR) is 152 cm³/mol. The number of anilines is 1. The summed E-state index contributed by atoms with van der Waals surface area (Å²) in [6.45, 7) is 4.19.